The zero-order valence-electron chi connectivity index (χ0n) is 15.3. The van der Waals surface area contributed by atoms with E-state index < -0.39 is 11.9 Å². The summed E-state index contributed by atoms with van der Waals surface area (Å²) in [7, 11) is 0. The first kappa shape index (κ1) is 19.7. The molecule has 2 aromatic carbocycles. The van der Waals surface area contributed by atoms with Crippen molar-refractivity contribution in [2.75, 3.05) is 36.8 Å². The van der Waals surface area contributed by atoms with Crippen molar-refractivity contribution in [3.63, 3.8) is 0 Å². The Kier molecular flexibility index (Phi) is 5.42. The Morgan fingerprint density at radius 3 is 2.59 bits per heavy atom. The molecule has 0 unspecified atom stereocenters. The van der Waals surface area contributed by atoms with Gasteiger partial charge in [0.2, 0.25) is 0 Å². The maximum Gasteiger partial charge on any atom is 0.407 e. The highest BCUT2D eigenvalue weighted by molar-refractivity contribution is 9.10. The van der Waals surface area contributed by atoms with Gasteiger partial charge >= 0.3 is 6.09 Å². The van der Waals surface area contributed by atoms with Crippen molar-refractivity contribution in [1.82, 2.24) is 9.88 Å². The molecule has 9 heteroatoms. The Balaban J connectivity index is 1.80. The van der Waals surface area contributed by atoms with E-state index in [0.29, 0.717) is 37.3 Å². The number of hydrogen-bond donors (Lipinski definition) is 2. The quantitative estimate of drug-likeness (QED) is 0.532. The van der Waals surface area contributed by atoms with Gasteiger partial charge in [-0.15, -0.1) is 11.3 Å². The number of benzene rings is 2. The highest BCUT2D eigenvalue weighted by Crippen LogP contribution is 2.42. The molecule has 0 aliphatic carbocycles. The molecule has 2 heterocycles. The number of aromatic nitrogens is 1. The number of amides is 1. The van der Waals surface area contributed by atoms with Gasteiger partial charge in [0.15, 0.2) is 5.82 Å². The second-order valence-corrected chi connectivity index (χ2v) is 8.40. The van der Waals surface area contributed by atoms with Crippen LogP contribution >= 0.6 is 27.3 Å². The topological polar surface area (TPSA) is 82.7 Å². The summed E-state index contributed by atoms with van der Waals surface area (Å²) in [4.78, 5) is 19.2. The zero-order valence-corrected chi connectivity index (χ0v) is 17.7. The predicted octanol–water partition coefficient (Wildman–Crippen LogP) is 4.76. The molecule has 3 N–H and O–H groups in total. The Hall–Kier alpha value is -2.65. The smallest absolute Gasteiger partial charge is 0.407 e. The summed E-state index contributed by atoms with van der Waals surface area (Å²) in [5.74, 6) is -0.457. The fraction of sp³-hybridized carbons (Fsp3) is 0.200. The normalized spacial score (nSPS) is 14.3. The molecule has 4 rings (SSSR count). The summed E-state index contributed by atoms with van der Waals surface area (Å²) < 4.78 is 15.4. The lowest BCUT2D eigenvalue weighted by Crippen LogP contribution is -2.48. The van der Waals surface area contributed by atoms with Gasteiger partial charge in [0.05, 0.1) is 5.69 Å². The zero-order chi connectivity index (χ0) is 20.5. The summed E-state index contributed by atoms with van der Waals surface area (Å²) in [6.07, 6.45) is 0.827. The third kappa shape index (κ3) is 3.79. The van der Waals surface area contributed by atoms with E-state index in [-0.39, 0.29) is 5.69 Å². The third-order valence-electron chi connectivity index (χ3n) is 4.96. The van der Waals surface area contributed by atoms with Crippen molar-refractivity contribution in [2.45, 2.75) is 0 Å². The van der Waals surface area contributed by atoms with E-state index in [9.17, 15) is 14.3 Å². The van der Waals surface area contributed by atoms with E-state index in [0.717, 1.165) is 20.7 Å². The lowest BCUT2D eigenvalue weighted by atomic mass is 10.00. The SMILES string of the molecule is Nc1cccc(-c2cc(-c3nccs3)c(N3CCN(C(=O)O)CC3)cc2Br)c1F. The minimum Gasteiger partial charge on any atom is -0.465 e. The van der Waals surface area contributed by atoms with E-state index in [2.05, 4.69) is 25.8 Å². The number of nitrogens with zero attached hydrogens (tertiary/aromatic N) is 3. The van der Waals surface area contributed by atoms with E-state index >= 15 is 0 Å². The Labute approximate surface area is 179 Å². The van der Waals surface area contributed by atoms with E-state index in [4.69, 9.17) is 5.73 Å². The molecule has 1 aliphatic heterocycles. The van der Waals surface area contributed by atoms with Gasteiger partial charge in [-0.1, -0.05) is 28.1 Å². The maximum absolute atomic E-state index is 14.7. The first-order valence-electron chi connectivity index (χ1n) is 8.96. The van der Waals surface area contributed by atoms with Crippen molar-refractivity contribution >= 4 is 44.7 Å². The summed E-state index contributed by atoms with van der Waals surface area (Å²) >= 11 is 5.09. The highest BCUT2D eigenvalue weighted by Gasteiger charge is 2.25. The van der Waals surface area contributed by atoms with Gasteiger partial charge in [0, 0.05) is 59.0 Å². The van der Waals surface area contributed by atoms with Crippen LogP contribution in [0.5, 0.6) is 0 Å². The summed E-state index contributed by atoms with van der Waals surface area (Å²) in [5.41, 5.74) is 8.78. The van der Waals surface area contributed by atoms with Gasteiger partial charge in [0.1, 0.15) is 5.01 Å². The number of nitrogen functional groups attached to an aromatic ring is 1. The van der Waals surface area contributed by atoms with Crippen LogP contribution in [0.25, 0.3) is 21.7 Å². The molecular weight excluding hydrogens is 459 g/mol. The van der Waals surface area contributed by atoms with Crippen molar-refractivity contribution < 1.29 is 14.3 Å². The molecule has 6 nitrogen and oxygen atoms in total. The number of carbonyl (C=O) groups is 1. The third-order valence-corrected chi connectivity index (χ3v) is 6.42. The predicted molar refractivity (Wildman–Crippen MR) is 117 cm³/mol. The molecular formula is C20H18BrFN4O2S. The molecule has 0 spiro atoms. The lowest BCUT2D eigenvalue weighted by molar-refractivity contribution is 0.142. The minimum atomic E-state index is -0.904. The van der Waals surface area contributed by atoms with E-state index in [1.807, 2.05) is 17.5 Å². The number of halogens is 2. The number of anilines is 2. The number of piperazine rings is 1. The standard InChI is InChI=1S/C20H18BrFN4O2S/c21-15-11-17(25-5-7-26(8-6-25)20(27)28)14(19-24-4-9-29-19)10-13(15)12-2-1-3-16(23)18(12)22/h1-4,9-11H,5-8,23H2,(H,27,28). The average molecular weight is 477 g/mol. The molecule has 1 aromatic heterocycles. The first-order valence-corrected chi connectivity index (χ1v) is 10.6. The lowest BCUT2D eigenvalue weighted by Gasteiger charge is -2.35. The number of rotatable bonds is 3. The fourth-order valence-corrected chi connectivity index (χ4v) is 4.66. The van der Waals surface area contributed by atoms with Crippen LogP contribution in [0.2, 0.25) is 0 Å². The number of thiazole rings is 1. The van der Waals surface area contributed by atoms with Crippen LogP contribution in [-0.2, 0) is 0 Å². The van der Waals surface area contributed by atoms with Crippen molar-refractivity contribution in [3.05, 3.63) is 52.2 Å². The molecule has 1 aliphatic rings. The van der Waals surface area contributed by atoms with E-state index in [1.165, 1.54) is 22.3 Å². The molecule has 3 aromatic rings. The molecule has 0 radical (unpaired) electrons. The monoisotopic (exact) mass is 476 g/mol. The van der Waals surface area contributed by atoms with Gasteiger partial charge in [-0.2, -0.15) is 0 Å². The van der Waals surface area contributed by atoms with Crippen LogP contribution in [0.1, 0.15) is 0 Å². The van der Waals surface area contributed by atoms with E-state index in [1.54, 1.807) is 18.3 Å². The van der Waals surface area contributed by atoms with Crippen molar-refractivity contribution in [3.8, 4) is 21.7 Å². The van der Waals surface area contributed by atoms with Crippen LogP contribution in [0.4, 0.5) is 20.6 Å². The van der Waals surface area contributed by atoms with Crippen LogP contribution in [0.3, 0.4) is 0 Å². The molecule has 1 saturated heterocycles. The van der Waals surface area contributed by atoms with Crippen LogP contribution in [-0.4, -0.2) is 47.3 Å². The summed E-state index contributed by atoms with van der Waals surface area (Å²) in [6.45, 7) is 2.00. The molecule has 0 atom stereocenters. The van der Waals surface area contributed by atoms with Gasteiger partial charge < -0.3 is 20.6 Å². The summed E-state index contributed by atoms with van der Waals surface area (Å²) in [6, 6.07) is 8.82. The molecule has 0 bridgehead atoms. The largest absolute Gasteiger partial charge is 0.465 e. The van der Waals surface area contributed by atoms with Gasteiger partial charge in [-0.05, 0) is 23.8 Å². The molecule has 29 heavy (non-hydrogen) atoms. The van der Waals surface area contributed by atoms with Crippen LogP contribution < -0.4 is 10.6 Å². The molecule has 1 fully saturated rings. The van der Waals surface area contributed by atoms with Crippen molar-refractivity contribution in [1.29, 1.82) is 0 Å². The molecule has 1 amide bonds. The second kappa shape index (κ2) is 8.00. The second-order valence-electron chi connectivity index (χ2n) is 6.65. The van der Waals surface area contributed by atoms with Crippen LogP contribution in [0.15, 0.2) is 46.4 Å². The average Bonchev–Trinajstić information content (AvgIpc) is 3.25. The van der Waals surface area contributed by atoms with Gasteiger partial charge in [-0.3, -0.25) is 0 Å². The summed E-state index contributed by atoms with van der Waals surface area (Å²) in [5, 5.41) is 11.9. The Morgan fingerprint density at radius 1 is 1.17 bits per heavy atom. The molecule has 150 valence electrons. The number of hydrogen-bond acceptors (Lipinski definition) is 5. The van der Waals surface area contributed by atoms with Crippen LogP contribution in [0, 0.1) is 5.82 Å². The fourth-order valence-electron chi connectivity index (χ4n) is 3.46. The number of carboxylic acid groups (broad SMARTS) is 1. The minimum absolute atomic E-state index is 0.0964. The highest BCUT2D eigenvalue weighted by atomic mass is 79.9. The Bertz CT molecular complexity index is 1050. The molecule has 0 saturated carbocycles. The van der Waals surface area contributed by atoms with Gasteiger partial charge in [0.25, 0.3) is 0 Å². The first-order chi connectivity index (χ1) is 14.0. The maximum atomic E-state index is 14.7. The number of nitrogens with two attached hydrogens (primary N) is 1. The Morgan fingerprint density at radius 2 is 1.93 bits per heavy atom. The van der Waals surface area contributed by atoms with Crippen molar-refractivity contribution in [2.24, 2.45) is 0 Å². The van der Waals surface area contributed by atoms with Gasteiger partial charge in [-0.25, -0.2) is 14.2 Å².